The van der Waals surface area contributed by atoms with Crippen molar-refractivity contribution in [3.63, 3.8) is 0 Å². The predicted octanol–water partition coefficient (Wildman–Crippen LogP) is 5.27. The van der Waals surface area contributed by atoms with Crippen molar-refractivity contribution in [3.05, 3.63) is 52.9 Å². The molecule has 3 heterocycles. The van der Waals surface area contributed by atoms with Gasteiger partial charge in [0.1, 0.15) is 22.8 Å². The van der Waals surface area contributed by atoms with Gasteiger partial charge in [0, 0.05) is 31.3 Å². The van der Waals surface area contributed by atoms with Crippen LogP contribution in [0.3, 0.4) is 0 Å². The van der Waals surface area contributed by atoms with E-state index < -0.39 is 52.2 Å². The smallest absolute Gasteiger partial charge is 0.441 e. The van der Waals surface area contributed by atoms with E-state index in [0.717, 1.165) is 12.3 Å². The minimum absolute atomic E-state index is 0.0165. The number of nitrogens with zero attached hydrogens (tertiary/aromatic N) is 4. The quantitative estimate of drug-likeness (QED) is 0.492. The Morgan fingerprint density at radius 1 is 1.26 bits per heavy atom. The number of alkyl halides is 7. The number of pyridine rings is 1. The van der Waals surface area contributed by atoms with Gasteiger partial charge in [0.2, 0.25) is 5.89 Å². The van der Waals surface area contributed by atoms with Crippen LogP contribution in [0.15, 0.2) is 28.9 Å². The van der Waals surface area contributed by atoms with Crippen LogP contribution < -0.4 is 5.32 Å². The fourth-order valence-electron chi connectivity index (χ4n) is 3.58. The number of nitrogens with one attached hydrogen (secondary N) is 1. The van der Waals surface area contributed by atoms with Crippen molar-refractivity contribution >= 4 is 5.91 Å². The van der Waals surface area contributed by atoms with Crippen LogP contribution in [-0.2, 0) is 18.6 Å². The number of aryl methyl sites for hydroxylation is 1. The molecule has 3 aromatic heterocycles. The van der Waals surface area contributed by atoms with E-state index in [1.54, 1.807) is 0 Å². The average Bonchev–Trinajstić information content (AvgIpc) is 3.39. The van der Waals surface area contributed by atoms with Crippen LogP contribution in [0.25, 0.3) is 11.5 Å². The SMILES string of the molecule is CC(F)(F)c1cc(-c2nc3c(o2)CCC[C@@H]3NC(=O)c2cn(C(F)(F)F)nc2C(F)F)ccn1. The zero-order valence-corrected chi connectivity index (χ0v) is 17.3. The number of aromatic nitrogens is 4. The Bertz CT molecular complexity index is 1210. The number of hydrogen-bond acceptors (Lipinski definition) is 5. The van der Waals surface area contributed by atoms with Crippen molar-refractivity contribution in [1.82, 2.24) is 25.1 Å². The van der Waals surface area contributed by atoms with Gasteiger partial charge in [-0.05, 0) is 25.0 Å². The number of oxazole rings is 1. The fourth-order valence-corrected chi connectivity index (χ4v) is 3.58. The largest absolute Gasteiger partial charge is 0.504 e. The topological polar surface area (TPSA) is 85.8 Å². The maximum atomic E-state index is 13.6. The maximum Gasteiger partial charge on any atom is 0.504 e. The van der Waals surface area contributed by atoms with Crippen molar-refractivity contribution < 1.29 is 39.9 Å². The molecule has 0 saturated heterocycles. The van der Waals surface area contributed by atoms with Crippen LogP contribution in [0.4, 0.5) is 30.7 Å². The second kappa shape index (κ2) is 8.40. The van der Waals surface area contributed by atoms with E-state index in [9.17, 15) is 35.5 Å². The lowest BCUT2D eigenvalue weighted by Gasteiger charge is -2.21. The Labute approximate surface area is 187 Å². The van der Waals surface area contributed by atoms with Gasteiger partial charge < -0.3 is 9.73 Å². The zero-order valence-electron chi connectivity index (χ0n) is 17.3. The summed E-state index contributed by atoms with van der Waals surface area (Å²) in [5.41, 5.74) is -2.30. The molecule has 1 aliphatic rings. The molecule has 0 radical (unpaired) electrons. The van der Waals surface area contributed by atoms with Crippen LogP contribution in [0.1, 0.15) is 65.4 Å². The second-order valence-electron chi connectivity index (χ2n) is 7.70. The Morgan fingerprint density at radius 2 is 2.00 bits per heavy atom. The number of halogens is 7. The monoisotopic (exact) mass is 491 g/mol. The molecule has 0 aromatic carbocycles. The highest BCUT2D eigenvalue weighted by molar-refractivity contribution is 5.95. The summed E-state index contributed by atoms with van der Waals surface area (Å²) in [5.74, 6) is -4.07. The van der Waals surface area contributed by atoms with Gasteiger partial charge in [-0.2, -0.15) is 18.6 Å². The average molecular weight is 491 g/mol. The maximum absolute atomic E-state index is 13.6. The molecule has 0 spiro atoms. The number of amides is 1. The van der Waals surface area contributed by atoms with Crippen molar-refractivity contribution in [2.24, 2.45) is 0 Å². The summed E-state index contributed by atoms with van der Waals surface area (Å²) in [6.07, 6.45) is -5.94. The molecule has 0 aliphatic heterocycles. The predicted molar refractivity (Wildman–Crippen MR) is 101 cm³/mol. The molecule has 182 valence electrons. The number of hydrogen-bond donors (Lipinski definition) is 1. The van der Waals surface area contributed by atoms with E-state index >= 15 is 0 Å². The molecule has 1 atom stereocenters. The molecule has 34 heavy (non-hydrogen) atoms. The molecule has 0 saturated carbocycles. The summed E-state index contributed by atoms with van der Waals surface area (Å²) in [6, 6.07) is 1.65. The third-order valence-electron chi connectivity index (χ3n) is 5.17. The molecule has 1 N–H and O–H groups in total. The van der Waals surface area contributed by atoms with E-state index in [0.29, 0.717) is 31.9 Å². The van der Waals surface area contributed by atoms with Gasteiger partial charge in [-0.15, -0.1) is 13.2 Å². The van der Waals surface area contributed by atoms with Crippen LogP contribution >= 0.6 is 0 Å². The zero-order chi connectivity index (χ0) is 24.8. The molecule has 0 fully saturated rings. The van der Waals surface area contributed by atoms with E-state index in [-0.39, 0.29) is 23.3 Å². The highest BCUT2D eigenvalue weighted by Crippen LogP contribution is 2.35. The molecule has 1 aliphatic carbocycles. The normalized spacial score (nSPS) is 16.6. The molecule has 0 bridgehead atoms. The standard InChI is InChI=1S/C20H16F7N5O2/c1-19(23,24)13-7-9(5-6-28-13)18-30-15-11(3-2-4-12(15)34-18)29-17(33)10-8-32(20(25,26)27)31-14(10)16(21)22/h5-8,11,16H,2-4H2,1H3,(H,29,33)/t11-/m0/s1. The van der Waals surface area contributed by atoms with Crippen molar-refractivity contribution in [1.29, 1.82) is 0 Å². The summed E-state index contributed by atoms with van der Waals surface area (Å²) >= 11 is 0. The van der Waals surface area contributed by atoms with Gasteiger partial charge in [0.05, 0.1) is 11.6 Å². The summed E-state index contributed by atoms with van der Waals surface area (Å²) in [7, 11) is 0. The Hall–Kier alpha value is -3.45. The van der Waals surface area contributed by atoms with Crippen LogP contribution in [0.2, 0.25) is 0 Å². The third kappa shape index (κ3) is 4.61. The first-order chi connectivity index (χ1) is 15.8. The number of carbonyl (C=O) groups excluding carboxylic acids is 1. The molecule has 4 rings (SSSR count). The van der Waals surface area contributed by atoms with Gasteiger partial charge in [-0.25, -0.2) is 13.8 Å². The van der Waals surface area contributed by atoms with Gasteiger partial charge in [-0.3, -0.25) is 9.78 Å². The highest BCUT2D eigenvalue weighted by atomic mass is 19.4. The second-order valence-corrected chi connectivity index (χ2v) is 7.70. The fraction of sp³-hybridized carbons (Fsp3) is 0.400. The van der Waals surface area contributed by atoms with Crippen molar-refractivity contribution in [2.45, 2.75) is 50.9 Å². The first-order valence-electron chi connectivity index (χ1n) is 9.94. The van der Waals surface area contributed by atoms with Crippen molar-refractivity contribution in [3.8, 4) is 11.5 Å². The molecular weight excluding hydrogens is 475 g/mol. The molecule has 1 amide bonds. The van der Waals surface area contributed by atoms with Gasteiger partial charge in [0.15, 0.2) is 0 Å². The Kier molecular flexibility index (Phi) is 5.85. The summed E-state index contributed by atoms with van der Waals surface area (Å²) in [6.45, 7) is 0.680. The summed E-state index contributed by atoms with van der Waals surface area (Å²) < 4.78 is 97.3. The first-order valence-corrected chi connectivity index (χ1v) is 9.94. The van der Waals surface area contributed by atoms with E-state index in [1.807, 2.05) is 0 Å². The number of rotatable bonds is 5. The lowest BCUT2D eigenvalue weighted by molar-refractivity contribution is -0.212. The Morgan fingerprint density at radius 3 is 2.65 bits per heavy atom. The summed E-state index contributed by atoms with van der Waals surface area (Å²) in [4.78, 5) is 20.5. The van der Waals surface area contributed by atoms with Gasteiger partial charge in [0.25, 0.3) is 18.3 Å². The Balaban J connectivity index is 1.62. The van der Waals surface area contributed by atoms with E-state index in [4.69, 9.17) is 4.42 Å². The number of fused-ring (bicyclic) bond motifs is 1. The molecule has 3 aromatic rings. The highest BCUT2D eigenvalue weighted by Gasteiger charge is 2.37. The summed E-state index contributed by atoms with van der Waals surface area (Å²) in [5, 5.41) is 5.19. The van der Waals surface area contributed by atoms with Gasteiger partial charge in [-0.1, -0.05) is 0 Å². The number of carbonyl (C=O) groups is 1. The van der Waals surface area contributed by atoms with Crippen molar-refractivity contribution in [2.75, 3.05) is 0 Å². The van der Waals surface area contributed by atoms with Crippen LogP contribution in [-0.4, -0.2) is 25.7 Å². The lowest BCUT2D eigenvalue weighted by Crippen LogP contribution is -2.31. The minimum Gasteiger partial charge on any atom is -0.441 e. The molecule has 7 nitrogen and oxygen atoms in total. The lowest BCUT2D eigenvalue weighted by atomic mass is 9.96. The van der Waals surface area contributed by atoms with E-state index in [2.05, 4.69) is 20.4 Å². The molecule has 14 heteroatoms. The first kappa shape index (κ1) is 23.7. The minimum atomic E-state index is -5.08. The molecule has 0 unspecified atom stereocenters. The van der Waals surface area contributed by atoms with Crippen LogP contribution in [0, 0.1) is 0 Å². The third-order valence-corrected chi connectivity index (χ3v) is 5.17. The van der Waals surface area contributed by atoms with E-state index in [1.165, 1.54) is 6.07 Å². The van der Waals surface area contributed by atoms with Crippen LogP contribution in [0.5, 0.6) is 0 Å². The van der Waals surface area contributed by atoms with Gasteiger partial charge >= 0.3 is 6.30 Å². The molecular formula is C20H16F7N5O2.